The molecule has 0 aromatic carbocycles. The van der Waals surface area contributed by atoms with Gasteiger partial charge in [-0.1, -0.05) is 0 Å². The van der Waals surface area contributed by atoms with Gasteiger partial charge in [0.05, 0.1) is 0 Å². The Balaban J connectivity index is 2.99. The van der Waals surface area contributed by atoms with Crippen LogP contribution >= 0.6 is 0 Å². The van der Waals surface area contributed by atoms with E-state index in [0.29, 0.717) is 32.0 Å². The number of nitrogens with zero attached hydrogens (tertiary/aromatic N) is 1. The average Bonchev–Trinajstić information content (AvgIpc) is 1.72. The first kappa shape index (κ1) is 8.08. The summed E-state index contributed by atoms with van der Waals surface area (Å²) >= 11 is 0.639. The second-order valence-corrected chi connectivity index (χ2v) is 7.30. The Morgan fingerprint density at radius 2 is 1.71 bits per heavy atom. The van der Waals surface area contributed by atoms with Crippen LogP contribution in [-0.4, -0.2) is 41.2 Å². The molecule has 0 bridgehead atoms. The SMILES string of the molecule is CCN([AsH]C)[AsH]C. The van der Waals surface area contributed by atoms with Gasteiger partial charge in [-0.2, -0.15) is 0 Å². The van der Waals surface area contributed by atoms with E-state index in [2.05, 4.69) is 21.1 Å². The molecule has 2 atom stereocenters. The van der Waals surface area contributed by atoms with E-state index in [1.165, 1.54) is 6.54 Å². The van der Waals surface area contributed by atoms with Crippen LogP contribution < -0.4 is 0 Å². The van der Waals surface area contributed by atoms with Crippen molar-refractivity contribution in [2.75, 3.05) is 6.54 Å². The van der Waals surface area contributed by atoms with Crippen molar-refractivity contribution in [3.05, 3.63) is 0 Å². The second-order valence-electron chi connectivity index (χ2n) is 1.19. The molecule has 0 amide bonds. The Morgan fingerprint density at radius 3 is 1.71 bits per heavy atom. The molecule has 1 nitrogen and oxygen atoms in total. The molecular weight excluding hydrogens is 212 g/mol. The summed E-state index contributed by atoms with van der Waals surface area (Å²) in [4.78, 5) is 0. The third-order valence-corrected chi connectivity index (χ3v) is 9.32. The van der Waals surface area contributed by atoms with Gasteiger partial charge in [-0.25, -0.2) is 0 Å². The van der Waals surface area contributed by atoms with Crippen molar-refractivity contribution in [3.8, 4) is 0 Å². The van der Waals surface area contributed by atoms with Gasteiger partial charge in [0, 0.05) is 0 Å². The molecule has 0 aliphatic rings. The van der Waals surface area contributed by atoms with Crippen molar-refractivity contribution in [2.45, 2.75) is 18.3 Å². The third-order valence-electron chi connectivity index (χ3n) is 0.856. The molecule has 0 radical (unpaired) electrons. The molecule has 0 spiro atoms. The average molecular weight is 225 g/mol. The van der Waals surface area contributed by atoms with E-state index in [9.17, 15) is 0 Å². The zero-order valence-electron chi connectivity index (χ0n) is 5.15. The summed E-state index contributed by atoms with van der Waals surface area (Å²) in [7, 11) is 0. The van der Waals surface area contributed by atoms with Crippen molar-refractivity contribution >= 4 is 32.0 Å². The molecule has 0 aromatic rings. The maximum absolute atomic E-state index is 2.62. The van der Waals surface area contributed by atoms with Crippen LogP contribution in [0.3, 0.4) is 0 Å². The molecule has 0 aliphatic carbocycles. The summed E-state index contributed by atoms with van der Waals surface area (Å²) in [5.74, 6) is 0. The third kappa shape index (κ3) is 3.64. The van der Waals surface area contributed by atoms with E-state index in [1.807, 2.05) is 0 Å². The van der Waals surface area contributed by atoms with Gasteiger partial charge < -0.3 is 0 Å². The molecule has 2 unspecified atom stereocenters. The van der Waals surface area contributed by atoms with Crippen molar-refractivity contribution in [1.82, 2.24) is 2.73 Å². The quantitative estimate of drug-likeness (QED) is 0.616. The van der Waals surface area contributed by atoms with Crippen LogP contribution in [-0.2, 0) is 0 Å². The van der Waals surface area contributed by atoms with Crippen molar-refractivity contribution in [2.24, 2.45) is 0 Å². The first-order chi connectivity index (χ1) is 3.35. The number of hydrogen-bond donors (Lipinski definition) is 0. The van der Waals surface area contributed by atoms with Gasteiger partial charge in [-0.15, -0.1) is 0 Å². The summed E-state index contributed by atoms with van der Waals surface area (Å²) in [6, 6.07) is 0. The fourth-order valence-corrected chi connectivity index (χ4v) is 4.66. The minimum absolute atomic E-state index is 0.319. The predicted molar refractivity (Wildman–Crippen MR) is 38.4 cm³/mol. The Morgan fingerprint density at radius 1 is 1.29 bits per heavy atom. The molecule has 0 fully saturated rings. The van der Waals surface area contributed by atoms with Gasteiger partial charge in [0.15, 0.2) is 0 Å². The van der Waals surface area contributed by atoms with Gasteiger partial charge in [-0.3, -0.25) is 0 Å². The summed E-state index contributed by atoms with van der Waals surface area (Å²) < 4.78 is 2.62. The zero-order valence-corrected chi connectivity index (χ0v) is 9.35. The zero-order chi connectivity index (χ0) is 5.70. The van der Waals surface area contributed by atoms with Crippen LogP contribution in [0, 0.1) is 0 Å². The van der Waals surface area contributed by atoms with E-state index in [-0.39, 0.29) is 0 Å². The monoisotopic (exact) mass is 225 g/mol. The Hall–Kier alpha value is 1.08. The van der Waals surface area contributed by atoms with Crippen LogP contribution in [0.25, 0.3) is 0 Å². The van der Waals surface area contributed by atoms with Gasteiger partial charge in [0.25, 0.3) is 0 Å². The number of hydrogen-bond acceptors (Lipinski definition) is 1. The van der Waals surface area contributed by atoms with Crippen molar-refractivity contribution in [3.63, 3.8) is 0 Å². The molecule has 7 heavy (non-hydrogen) atoms. The Kier molecular flexibility index (Phi) is 6.02. The van der Waals surface area contributed by atoms with Gasteiger partial charge in [0.1, 0.15) is 0 Å². The standard InChI is InChI=1S/C4H13As2N/c1-4-7(5-2)6-3/h5-6H,4H2,1-3H3. The summed E-state index contributed by atoms with van der Waals surface area (Å²) in [6.45, 7) is 3.55. The minimum atomic E-state index is 0.319. The van der Waals surface area contributed by atoms with Crippen molar-refractivity contribution in [1.29, 1.82) is 0 Å². The molecule has 0 aliphatic heterocycles. The maximum atomic E-state index is 2.62. The Labute approximate surface area is 59.7 Å². The van der Waals surface area contributed by atoms with E-state index >= 15 is 0 Å². The van der Waals surface area contributed by atoms with E-state index in [4.69, 9.17) is 0 Å². The fraction of sp³-hybridized carbons (Fsp3) is 1.00. The first-order valence-electron chi connectivity index (χ1n) is 2.47. The van der Waals surface area contributed by atoms with E-state index in [0.717, 1.165) is 0 Å². The number of rotatable bonds is 3. The molecular formula is C4H13As2N. The first-order valence-corrected chi connectivity index (χ1v) is 8.54. The summed E-state index contributed by atoms with van der Waals surface area (Å²) in [6.07, 6.45) is 0. The van der Waals surface area contributed by atoms with Crippen LogP contribution in [0.1, 0.15) is 6.92 Å². The molecule has 0 heterocycles. The summed E-state index contributed by atoms with van der Waals surface area (Å²) in [5, 5.41) is 0. The van der Waals surface area contributed by atoms with Crippen LogP contribution in [0.2, 0.25) is 11.4 Å². The molecule has 0 saturated heterocycles. The van der Waals surface area contributed by atoms with Gasteiger partial charge in [0.2, 0.25) is 0 Å². The Bertz CT molecular complexity index is 31.2. The second kappa shape index (κ2) is 5.22. The van der Waals surface area contributed by atoms with E-state index < -0.39 is 0 Å². The predicted octanol–water partition coefficient (Wildman–Crippen LogP) is 0.107. The van der Waals surface area contributed by atoms with Crippen molar-refractivity contribution < 1.29 is 0 Å². The molecule has 44 valence electrons. The normalized spacial score (nSPS) is 13.7. The van der Waals surface area contributed by atoms with Crippen LogP contribution in [0.4, 0.5) is 0 Å². The topological polar surface area (TPSA) is 3.24 Å². The molecule has 0 aromatic heterocycles. The van der Waals surface area contributed by atoms with Gasteiger partial charge in [-0.05, 0) is 0 Å². The molecule has 0 rings (SSSR count). The van der Waals surface area contributed by atoms with E-state index in [1.54, 1.807) is 0 Å². The fourth-order valence-electron chi connectivity index (χ4n) is 0.428. The van der Waals surface area contributed by atoms with Gasteiger partial charge >= 0.3 is 59.6 Å². The molecule has 0 N–H and O–H groups in total. The summed E-state index contributed by atoms with van der Waals surface area (Å²) in [5.41, 5.74) is 4.69. The van der Waals surface area contributed by atoms with Crippen LogP contribution in [0.15, 0.2) is 0 Å². The molecule has 0 saturated carbocycles. The van der Waals surface area contributed by atoms with Crippen LogP contribution in [0.5, 0.6) is 0 Å². The molecule has 3 heteroatoms.